The van der Waals surface area contributed by atoms with Crippen LogP contribution in [0.1, 0.15) is 12.7 Å². The molecule has 24 heavy (non-hydrogen) atoms. The van der Waals surface area contributed by atoms with Crippen molar-refractivity contribution in [1.29, 1.82) is 0 Å². The molecule has 0 saturated heterocycles. The van der Waals surface area contributed by atoms with E-state index in [1.54, 1.807) is 19.9 Å². The van der Waals surface area contributed by atoms with Crippen LogP contribution < -0.4 is 10.6 Å². The summed E-state index contributed by atoms with van der Waals surface area (Å²) in [6.45, 7) is 3.37. The number of anilines is 2. The number of rotatable bonds is 6. The SMILES string of the molecule is Cc1cc(NC(=O)C(C)SCC(=O)Nc2ccc(Cl)cc2F)no1. The van der Waals surface area contributed by atoms with E-state index < -0.39 is 17.0 Å². The average molecular weight is 372 g/mol. The molecule has 0 saturated carbocycles. The Kier molecular flexibility index (Phi) is 6.22. The lowest BCUT2D eigenvalue weighted by molar-refractivity contribution is -0.115. The van der Waals surface area contributed by atoms with Crippen LogP contribution in [0, 0.1) is 12.7 Å². The molecule has 0 aliphatic carbocycles. The second-order valence-electron chi connectivity index (χ2n) is 4.94. The average Bonchev–Trinajstić information content (AvgIpc) is 2.92. The van der Waals surface area contributed by atoms with Crippen molar-refractivity contribution in [2.45, 2.75) is 19.1 Å². The van der Waals surface area contributed by atoms with Crippen LogP contribution in [-0.2, 0) is 9.59 Å². The Labute approximate surface area is 147 Å². The maximum Gasteiger partial charge on any atom is 0.238 e. The molecule has 0 aliphatic rings. The number of carbonyl (C=O) groups is 2. The van der Waals surface area contributed by atoms with Crippen LogP contribution in [-0.4, -0.2) is 28.0 Å². The summed E-state index contributed by atoms with van der Waals surface area (Å²) >= 11 is 6.76. The van der Waals surface area contributed by atoms with Gasteiger partial charge in [0, 0.05) is 11.1 Å². The van der Waals surface area contributed by atoms with Crippen LogP contribution >= 0.6 is 23.4 Å². The largest absolute Gasteiger partial charge is 0.360 e. The minimum absolute atomic E-state index is 0.00546. The maximum atomic E-state index is 13.6. The number of amides is 2. The summed E-state index contributed by atoms with van der Waals surface area (Å²) in [6.07, 6.45) is 0. The van der Waals surface area contributed by atoms with E-state index in [0.717, 1.165) is 17.8 Å². The molecule has 0 bridgehead atoms. The Morgan fingerprint density at radius 1 is 1.38 bits per heavy atom. The van der Waals surface area contributed by atoms with E-state index in [1.807, 2.05) is 0 Å². The fourth-order valence-electron chi connectivity index (χ4n) is 1.71. The first-order chi connectivity index (χ1) is 11.3. The molecule has 1 heterocycles. The highest BCUT2D eigenvalue weighted by Gasteiger charge is 2.17. The molecule has 0 radical (unpaired) electrons. The third-order valence-electron chi connectivity index (χ3n) is 2.92. The highest BCUT2D eigenvalue weighted by Crippen LogP contribution is 2.20. The van der Waals surface area contributed by atoms with Crippen LogP contribution in [0.15, 0.2) is 28.8 Å². The lowest BCUT2D eigenvalue weighted by Gasteiger charge is -2.11. The van der Waals surface area contributed by atoms with Crippen LogP contribution in [0.2, 0.25) is 5.02 Å². The van der Waals surface area contributed by atoms with Gasteiger partial charge in [0.05, 0.1) is 16.7 Å². The van der Waals surface area contributed by atoms with E-state index in [0.29, 0.717) is 11.6 Å². The summed E-state index contributed by atoms with van der Waals surface area (Å²) in [6, 6.07) is 5.55. The highest BCUT2D eigenvalue weighted by atomic mass is 35.5. The quantitative estimate of drug-likeness (QED) is 0.812. The number of hydrogen-bond acceptors (Lipinski definition) is 5. The van der Waals surface area contributed by atoms with Gasteiger partial charge in [-0.15, -0.1) is 11.8 Å². The summed E-state index contributed by atoms with van der Waals surface area (Å²) in [7, 11) is 0. The molecule has 1 aromatic carbocycles. The van der Waals surface area contributed by atoms with Crippen molar-refractivity contribution in [3.8, 4) is 0 Å². The molecule has 0 spiro atoms. The third kappa shape index (κ3) is 5.24. The van der Waals surface area contributed by atoms with Gasteiger partial charge in [-0.2, -0.15) is 0 Å². The highest BCUT2D eigenvalue weighted by molar-refractivity contribution is 8.01. The van der Waals surface area contributed by atoms with Gasteiger partial charge in [-0.1, -0.05) is 16.8 Å². The van der Waals surface area contributed by atoms with Crippen LogP contribution in [0.3, 0.4) is 0 Å². The molecule has 1 unspecified atom stereocenters. The number of hydrogen-bond donors (Lipinski definition) is 2. The molecule has 2 aromatic rings. The Morgan fingerprint density at radius 3 is 2.75 bits per heavy atom. The standard InChI is InChI=1S/C15H15ClFN3O3S/c1-8-5-13(20-23-8)19-15(22)9(2)24-7-14(21)18-12-4-3-10(16)6-11(12)17/h3-6,9H,7H2,1-2H3,(H,18,21)(H,19,20,22). The lowest BCUT2D eigenvalue weighted by Crippen LogP contribution is -2.25. The minimum Gasteiger partial charge on any atom is -0.360 e. The molecule has 2 rings (SSSR count). The first-order valence-corrected chi connectivity index (χ1v) is 8.38. The first-order valence-electron chi connectivity index (χ1n) is 6.96. The van der Waals surface area contributed by atoms with Crippen molar-refractivity contribution in [3.63, 3.8) is 0 Å². The van der Waals surface area contributed by atoms with Crippen molar-refractivity contribution < 1.29 is 18.5 Å². The number of nitrogens with zero attached hydrogens (tertiary/aromatic N) is 1. The number of aryl methyl sites for hydroxylation is 1. The van der Waals surface area contributed by atoms with E-state index in [1.165, 1.54) is 12.1 Å². The van der Waals surface area contributed by atoms with E-state index in [4.69, 9.17) is 16.1 Å². The van der Waals surface area contributed by atoms with Gasteiger partial charge >= 0.3 is 0 Å². The Hall–Kier alpha value is -2.06. The predicted octanol–water partition coefficient (Wildman–Crippen LogP) is 3.47. The predicted molar refractivity (Wildman–Crippen MR) is 91.8 cm³/mol. The summed E-state index contributed by atoms with van der Waals surface area (Å²) in [5, 5.41) is 8.42. The van der Waals surface area contributed by atoms with Gasteiger partial charge in [-0.3, -0.25) is 9.59 Å². The molecule has 2 amide bonds. The van der Waals surface area contributed by atoms with Crippen molar-refractivity contribution in [2.24, 2.45) is 0 Å². The minimum atomic E-state index is -0.618. The fraction of sp³-hybridized carbons (Fsp3) is 0.267. The van der Waals surface area contributed by atoms with Gasteiger partial charge < -0.3 is 15.2 Å². The van der Waals surface area contributed by atoms with Gasteiger partial charge in [-0.05, 0) is 32.0 Å². The van der Waals surface area contributed by atoms with Gasteiger partial charge in [0.1, 0.15) is 11.6 Å². The number of benzene rings is 1. The van der Waals surface area contributed by atoms with Gasteiger partial charge in [0.15, 0.2) is 5.82 Å². The molecular formula is C15H15ClFN3O3S. The molecule has 6 nitrogen and oxygen atoms in total. The van der Waals surface area contributed by atoms with E-state index in [-0.39, 0.29) is 22.4 Å². The zero-order valence-electron chi connectivity index (χ0n) is 12.9. The van der Waals surface area contributed by atoms with Crippen LogP contribution in [0.25, 0.3) is 0 Å². The summed E-state index contributed by atoms with van der Waals surface area (Å²) in [4.78, 5) is 23.8. The summed E-state index contributed by atoms with van der Waals surface area (Å²) in [5.41, 5.74) is 0.0418. The van der Waals surface area contributed by atoms with Gasteiger partial charge in [-0.25, -0.2) is 4.39 Å². The number of thioether (sulfide) groups is 1. The van der Waals surface area contributed by atoms with Crippen LogP contribution in [0.4, 0.5) is 15.9 Å². The second kappa shape index (κ2) is 8.16. The second-order valence-corrected chi connectivity index (χ2v) is 6.70. The topological polar surface area (TPSA) is 84.2 Å². The first kappa shape index (κ1) is 18.3. The van der Waals surface area contributed by atoms with Crippen molar-refractivity contribution in [2.75, 3.05) is 16.4 Å². The third-order valence-corrected chi connectivity index (χ3v) is 4.30. The number of halogens is 2. The van der Waals surface area contributed by atoms with Gasteiger partial charge in [0.2, 0.25) is 11.8 Å². The lowest BCUT2D eigenvalue weighted by atomic mass is 10.3. The molecule has 1 aromatic heterocycles. The maximum absolute atomic E-state index is 13.6. The Bertz CT molecular complexity index is 753. The molecular weight excluding hydrogens is 357 g/mol. The fourth-order valence-corrected chi connectivity index (χ4v) is 2.55. The smallest absolute Gasteiger partial charge is 0.238 e. The Balaban J connectivity index is 1.81. The van der Waals surface area contributed by atoms with E-state index in [2.05, 4.69) is 15.8 Å². The molecule has 2 N–H and O–H groups in total. The molecule has 128 valence electrons. The molecule has 9 heteroatoms. The zero-order valence-corrected chi connectivity index (χ0v) is 14.5. The Morgan fingerprint density at radius 2 is 2.12 bits per heavy atom. The summed E-state index contributed by atoms with van der Waals surface area (Å²) < 4.78 is 18.4. The number of nitrogens with one attached hydrogen (secondary N) is 2. The monoisotopic (exact) mass is 371 g/mol. The molecule has 0 fully saturated rings. The number of aromatic nitrogens is 1. The van der Waals surface area contributed by atoms with E-state index in [9.17, 15) is 14.0 Å². The molecule has 0 aliphatic heterocycles. The molecule has 1 atom stereocenters. The van der Waals surface area contributed by atoms with Gasteiger partial charge in [0.25, 0.3) is 0 Å². The normalized spacial score (nSPS) is 11.8. The van der Waals surface area contributed by atoms with Crippen molar-refractivity contribution in [1.82, 2.24) is 5.16 Å². The van der Waals surface area contributed by atoms with Crippen LogP contribution in [0.5, 0.6) is 0 Å². The van der Waals surface area contributed by atoms with E-state index >= 15 is 0 Å². The summed E-state index contributed by atoms with van der Waals surface area (Å²) in [5.74, 6) is -0.452. The van der Waals surface area contributed by atoms with Crippen molar-refractivity contribution >= 4 is 46.7 Å². The number of carbonyl (C=O) groups excluding carboxylic acids is 2. The van der Waals surface area contributed by atoms with Crippen molar-refractivity contribution in [3.05, 3.63) is 40.9 Å². The zero-order chi connectivity index (χ0) is 17.7.